The Labute approximate surface area is 124 Å². The highest BCUT2D eigenvalue weighted by Crippen LogP contribution is 2.31. The molecule has 3 nitrogen and oxygen atoms in total. The number of aryl methyl sites for hydroxylation is 1. The molecule has 1 N–H and O–H groups in total. The predicted octanol–water partition coefficient (Wildman–Crippen LogP) is 4.25. The molecule has 5 heteroatoms. The van der Waals surface area contributed by atoms with Gasteiger partial charge in [-0.3, -0.25) is 4.79 Å². The van der Waals surface area contributed by atoms with Gasteiger partial charge >= 0.3 is 0 Å². The third kappa shape index (κ3) is 2.86. The van der Waals surface area contributed by atoms with Crippen LogP contribution in [-0.4, -0.2) is 5.91 Å². The summed E-state index contributed by atoms with van der Waals surface area (Å²) in [5.74, 6) is -0.203. The highest BCUT2D eigenvalue weighted by Gasteiger charge is 2.15. The monoisotopic (exact) mass is 334 g/mol. The van der Waals surface area contributed by atoms with Gasteiger partial charge in [0.25, 0.3) is 5.91 Å². The highest BCUT2D eigenvalue weighted by atomic mass is 79.9. The first-order valence-corrected chi connectivity index (χ1v) is 7.21. The number of anilines is 1. The molecule has 0 aliphatic carbocycles. The topological polar surface area (TPSA) is 52.9 Å². The molecule has 0 unspecified atom stereocenters. The van der Waals surface area contributed by atoms with Gasteiger partial charge in [-0.25, -0.2) is 0 Å². The van der Waals surface area contributed by atoms with E-state index in [1.807, 2.05) is 26.0 Å². The molecule has 0 bridgehead atoms. The van der Waals surface area contributed by atoms with Crippen LogP contribution >= 0.6 is 27.3 Å². The number of carbonyl (C=O) groups is 1. The molecule has 96 valence electrons. The van der Waals surface area contributed by atoms with Crippen molar-refractivity contribution in [2.45, 2.75) is 13.8 Å². The Morgan fingerprint density at radius 2 is 1.95 bits per heavy atom. The third-order valence-corrected chi connectivity index (χ3v) is 4.48. The van der Waals surface area contributed by atoms with Crippen LogP contribution in [0, 0.1) is 25.2 Å². The summed E-state index contributed by atoms with van der Waals surface area (Å²) in [6.07, 6.45) is 0. The number of hydrogen-bond acceptors (Lipinski definition) is 3. The second-order valence-electron chi connectivity index (χ2n) is 4.06. The maximum atomic E-state index is 12.1. The quantitative estimate of drug-likeness (QED) is 0.892. The van der Waals surface area contributed by atoms with Crippen LogP contribution in [0.4, 0.5) is 5.00 Å². The lowest BCUT2D eigenvalue weighted by molar-refractivity contribution is 0.102. The van der Waals surface area contributed by atoms with Crippen LogP contribution in [0.5, 0.6) is 0 Å². The molecule has 0 fully saturated rings. The van der Waals surface area contributed by atoms with Crippen molar-refractivity contribution in [1.29, 1.82) is 5.26 Å². The Morgan fingerprint density at radius 1 is 1.32 bits per heavy atom. The van der Waals surface area contributed by atoms with Gasteiger partial charge in [-0.2, -0.15) is 5.26 Å². The van der Waals surface area contributed by atoms with E-state index in [1.165, 1.54) is 11.3 Å². The van der Waals surface area contributed by atoms with Crippen LogP contribution in [0.2, 0.25) is 0 Å². The molecule has 0 aliphatic heterocycles. The summed E-state index contributed by atoms with van der Waals surface area (Å²) in [5.41, 5.74) is 2.04. The Bertz CT molecular complexity index is 668. The molecule has 1 heterocycles. The molecule has 0 spiro atoms. The predicted molar refractivity (Wildman–Crippen MR) is 80.6 cm³/mol. The summed E-state index contributed by atoms with van der Waals surface area (Å²) in [6, 6.07) is 9.23. The molecule has 2 aromatic rings. The van der Waals surface area contributed by atoms with Crippen molar-refractivity contribution in [3.05, 3.63) is 50.3 Å². The first-order chi connectivity index (χ1) is 9.02. The van der Waals surface area contributed by atoms with Crippen LogP contribution in [0.25, 0.3) is 0 Å². The number of rotatable bonds is 2. The summed E-state index contributed by atoms with van der Waals surface area (Å²) in [5, 5.41) is 12.5. The largest absolute Gasteiger partial charge is 0.312 e. The van der Waals surface area contributed by atoms with Crippen molar-refractivity contribution in [3.63, 3.8) is 0 Å². The standard InChI is InChI=1S/C14H11BrN2OS/c1-8-9(2)19-14(12(8)7-16)17-13(18)10-3-5-11(15)6-4-10/h3-6H,1-2H3,(H,17,18). The molecule has 0 aliphatic rings. The Hall–Kier alpha value is -1.64. The molecule has 2 rings (SSSR count). The zero-order valence-corrected chi connectivity index (χ0v) is 12.9. The van der Waals surface area contributed by atoms with Gasteiger partial charge in [0.1, 0.15) is 11.1 Å². The normalized spacial score (nSPS) is 10.0. The summed E-state index contributed by atoms with van der Waals surface area (Å²) in [4.78, 5) is 13.1. The second kappa shape index (κ2) is 5.55. The molecule has 19 heavy (non-hydrogen) atoms. The van der Waals surface area contributed by atoms with Gasteiger partial charge in [0, 0.05) is 14.9 Å². The van der Waals surface area contributed by atoms with E-state index in [1.54, 1.807) is 12.1 Å². The molecule has 1 aromatic heterocycles. The second-order valence-corrected chi connectivity index (χ2v) is 6.20. The molecule has 1 amide bonds. The van der Waals surface area contributed by atoms with E-state index >= 15 is 0 Å². The molecular formula is C14H11BrN2OS. The smallest absolute Gasteiger partial charge is 0.256 e. The van der Waals surface area contributed by atoms with E-state index < -0.39 is 0 Å². The molecule has 0 saturated heterocycles. The number of carbonyl (C=O) groups excluding carboxylic acids is 1. The number of nitrogens with zero attached hydrogens (tertiary/aromatic N) is 1. The average molecular weight is 335 g/mol. The third-order valence-electron chi connectivity index (χ3n) is 2.83. The zero-order valence-electron chi connectivity index (χ0n) is 10.5. The first-order valence-electron chi connectivity index (χ1n) is 5.60. The number of amides is 1. The van der Waals surface area contributed by atoms with Crippen molar-refractivity contribution in [1.82, 2.24) is 0 Å². The Kier molecular flexibility index (Phi) is 4.03. The molecular weight excluding hydrogens is 324 g/mol. The van der Waals surface area contributed by atoms with Gasteiger partial charge in [0.05, 0.1) is 5.56 Å². The van der Waals surface area contributed by atoms with Crippen LogP contribution in [-0.2, 0) is 0 Å². The lowest BCUT2D eigenvalue weighted by Crippen LogP contribution is -2.11. The van der Waals surface area contributed by atoms with Gasteiger partial charge in [-0.05, 0) is 43.7 Å². The Morgan fingerprint density at radius 3 is 2.53 bits per heavy atom. The molecule has 0 radical (unpaired) electrons. The van der Waals surface area contributed by atoms with Crippen molar-refractivity contribution >= 4 is 38.2 Å². The van der Waals surface area contributed by atoms with Crippen molar-refractivity contribution in [3.8, 4) is 6.07 Å². The minimum Gasteiger partial charge on any atom is -0.312 e. The fraction of sp³-hybridized carbons (Fsp3) is 0.143. The maximum Gasteiger partial charge on any atom is 0.256 e. The summed E-state index contributed by atoms with van der Waals surface area (Å²) < 4.78 is 0.921. The number of benzene rings is 1. The fourth-order valence-electron chi connectivity index (χ4n) is 1.63. The summed E-state index contributed by atoms with van der Waals surface area (Å²) in [6.45, 7) is 3.83. The SMILES string of the molecule is Cc1sc(NC(=O)c2ccc(Br)cc2)c(C#N)c1C. The lowest BCUT2D eigenvalue weighted by Gasteiger charge is -2.03. The van der Waals surface area contributed by atoms with Crippen molar-refractivity contribution in [2.24, 2.45) is 0 Å². The van der Waals surface area contributed by atoms with E-state index in [0.717, 1.165) is 14.9 Å². The Balaban J connectivity index is 2.27. The van der Waals surface area contributed by atoms with Crippen LogP contribution < -0.4 is 5.32 Å². The highest BCUT2D eigenvalue weighted by molar-refractivity contribution is 9.10. The van der Waals surface area contributed by atoms with E-state index in [0.29, 0.717) is 16.1 Å². The summed E-state index contributed by atoms with van der Waals surface area (Å²) in [7, 11) is 0. The van der Waals surface area contributed by atoms with Crippen molar-refractivity contribution < 1.29 is 4.79 Å². The number of halogens is 1. The lowest BCUT2D eigenvalue weighted by atomic mass is 10.2. The number of nitrogens with one attached hydrogen (secondary N) is 1. The molecule has 0 atom stereocenters. The number of hydrogen-bond donors (Lipinski definition) is 1. The van der Waals surface area contributed by atoms with Gasteiger partial charge in [0.2, 0.25) is 0 Å². The van der Waals surface area contributed by atoms with E-state index in [9.17, 15) is 4.79 Å². The maximum absolute atomic E-state index is 12.1. The van der Waals surface area contributed by atoms with Crippen LogP contribution in [0.3, 0.4) is 0 Å². The number of thiophene rings is 1. The van der Waals surface area contributed by atoms with Crippen LogP contribution in [0.15, 0.2) is 28.7 Å². The minimum atomic E-state index is -0.203. The fourth-order valence-corrected chi connectivity index (χ4v) is 2.90. The summed E-state index contributed by atoms with van der Waals surface area (Å²) >= 11 is 4.75. The molecule has 0 saturated carbocycles. The average Bonchev–Trinajstić information content (AvgIpc) is 2.65. The van der Waals surface area contributed by atoms with Crippen molar-refractivity contribution in [2.75, 3.05) is 5.32 Å². The zero-order chi connectivity index (χ0) is 14.0. The molecule has 1 aromatic carbocycles. The van der Waals surface area contributed by atoms with Crippen LogP contribution in [0.1, 0.15) is 26.4 Å². The van der Waals surface area contributed by atoms with E-state index in [4.69, 9.17) is 5.26 Å². The minimum absolute atomic E-state index is 0.203. The van der Waals surface area contributed by atoms with Gasteiger partial charge in [-0.1, -0.05) is 15.9 Å². The first kappa shape index (κ1) is 13.8. The van der Waals surface area contributed by atoms with Gasteiger partial charge in [0.15, 0.2) is 0 Å². The van der Waals surface area contributed by atoms with E-state index in [2.05, 4.69) is 27.3 Å². The van der Waals surface area contributed by atoms with E-state index in [-0.39, 0.29) is 5.91 Å². The number of nitriles is 1. The van der Waals surface area contributed by atoms with Gasteiger partial charge in [-0.15, -0.1) is 11.3 Å². The van der Waals surface area contributed by atoms with Gasteiger partial charge < -0.3 is 5.32 Å².